The number of halogens is 2. The highest BCUT2D eigenvalue weighted by atomic mass is 35.5. The molecule has 0 radical (unpaired) electrons. The number of nitrogens with zero attached hydrogens (tertiary/aromatic N) is 2. The molecule has 160 valence electrons. The van der Waals surface area contributed by atoms with E-state index in [-0.39, 0.29) is 10.8 Å². The van der Waals surface area contributed by atoms with Crippen molar-refractivity contribution in [2.45, 2.75) is 36.5 Å². The molecule has 1 aliphatic carbocycles. The number of anilines is 1. The number of hydrogen-bond acceptors (Lipinski definition) is 5. The molecule has 0 amide bonds. The van der Waals surface area contributed by atoms with E-state index in [9.17, 15) is 13.7 Å². The molecule has 0 saturated carbocycles. The Balaban J connectivity index is 1.89. The molecule has 1 unspecified atom stereocenters. The van der Waals surface area contributed by atoms with Crippen molar-refractivity contribution in [1.82, 2.24) is 0 Å². The topological polar surface area (TPSA) is 113 Å². The standard InChI is InChI=1S/C22H20Cl2N4O2S/c23-13-5-10-16(19(24)11-13)21-17-3-1-2-4-20(17)28(22(26)18(21)12-25)14-6-8-15(9-7-14)31(27,29)30/h5-11,21H,1-4,26H2,(H2,27,29,30). The lowest BCUT2D eigenvalue weighted by atomic mass is 9.76. The Morgan fingerprint density at radius 2 is 1.74 bits per heavy atom. The van der Waals surface area contributed by atoms with Gasteiger partial charge < -0.3 is 10.6 Å². The molecule has 2 aliphatic rings. The van der Waals surface area contributed by atoms with Crippen LogP contribution in [0.1, 0.15) is 37.2 Å². The van der Waals surface area contributed by atoms with E-state index < -0.39 is 10.0 Å². The molecule has 9 heteroatoms. The number of nitriles is 1. The van der Waals surface area contributed by atoms with Gasteiger partial charge in [0.25, 0.3) is 0 Å². The van der Waals surface area contributed by atoms with E-state index in [4.69, 9.17) is 34.1 Å². The molecule has 31 heavy (non-hydrogen) atoms. The van der Waals surface area contributed by atoms with Gasteiger partial charge in [-0.25, -0.2) is 13.6 Å². The summed E-state index contributed by atoms with van der Waals surface area (Å²) in [6.45, 7) is 0. The van der Waals surface area contributed by atoms with Gasteiger partial charge in [0.05, 0.1) is 16.5 Å². The number of benzene rings is 2. The first kappa shape index (κ1) is 21.7. The Morgan fingerprint density at radius 1 is 1.06 bits per heavy atom. The van der Waals surface area contributed by atoms with Crippen molar-refractivity contribution in [2.24, 2.45) is 10.9 Å². The van der Waals surface area contributed by atoms with Crippen molar-refractivity contribution in [1.29, 1.82) is 5.26 Å². The number of sulfonamides is 1. The van der Waals surface area contributed by atoms with E-state index in [1.807, 2.05) is 11.0 Å². The second-order valence-corrected chi connectivity index (χ2v) is 9.97. The minimum absolute atomic E-state index is 0.0139. The van der Waals surface area contributed by atoms with Crippen LogP contribution in [0.5, 0.6) is 0 Å². The Kier molecular flexibility index (Phi) is 5.75. The zero-order valence-corrected chi connectivity index (χ0v) is 18.8. The summed E-state index contributed by atoms with van der Waals surface area (Å²) in [6, 6.07) is 13.7. The maximum atomic E-state index is 11.6. The van der Waals surface area contributed by atoms with Gasteiger partial charge in [0.1, 0.15) is 5.82 Å². The monoisotopic (exact) mass is 474 g/mol. The number of allylic oxidation sites excluding steroid dienone is 3. The first-order valence-electron chi connectivity index (χ1n) is 9.72. The van der Waals surface area contributed by atoms with Gasteiger partial charge in [0.15, 0.2) is 0 Å². The van der Waals surface area contributed by atoms with Gasteiger partial charge in [-0.3, -0.25) is 0 Å². The van der Waals surface area contributed by atoms with Crippen LogP contribution in [0.25, 0.3) is 0 Å². The fourth-order valence-electron chi connectivity index (χ4n) is 4.35. The molecule has 0 bridgehead atoms. The van der Waals surface area contributed by atoms with Crippen LogP contribution in [0, 0.1) is 11.3 Å². The molecule has 0 saturated heterocycles. The summed E-state index contributed by atoms with van der Waals surface area (Å²) in [5.41, 5.74) is 10.5. The summed E-state index contributed by atoms with van der Waals surface area (Å²) in [5, 5.41) is 16.3. The molecule has 2 aromatic carbocycles. The maximum Gasteiger partial charge on any atom is 0.238 e. The van der Waals surface area contributed by atoms with Crippen molar-refractivity contribution in [3.63, 3.8) is 0 Å². The highest BCUT2D eigenvalue weighted by Crippen LogP contribution is 2.48. The second kappa shape index (κ2) is 8.21. The van der Waals surface area contributed by atoms with Crippen LogP contribution in [0.3, 0.4) is 0 Å². The predicted octanol–water partition coefficient (Wildman–Crippen LogP) is 4.77. The third-order valence-corrected chi connectivity index (χ3v) is 7.21. The van der Waals surface area contributed by atoms with E-state index in [0.29, 0.717) is 27.1 Å². The number of primary sulfonamides is 1. The fraction of sp³-hybridized carbons (Fsp3) is 0.227. The summed E-state index contributed by atoms with van der Waals surface area (Å²) in [4.78, 5) is 1.86. The van der Waals surface area contributed by atoms with Crippen molar-refractivity contribution < 1.29 is 8.42 Å². The molecular formula is C22H20Cl2N4O2S. The zero-order valence-electron chi connectivity index (χ0n) is 16.5. The highest BCUT2D eigenvalue weighted by Gasteiger charge is 2.37. The SMILES string of the molecule is N#CC1=C(N)N(c2ccc(S(N)(=O)=O)cc2)C2=C(CCCC2)C1c1ccc(Cl)cc1Cl. The number of hydrogen-bond donors (Lipinski definition) is 2. The van der Waals surface area contributed by atoms with Gasteiger partial charge in [0.2, 0.25) is 10.0 Å². The Morgan fingerprint density at radius 3 is 2.35 bits per heavy atom. The maximum absolute atomic E-state index is 11.6. The van der Waals surface area contributed by atoms with Gasteiger partial charge in [0, 0.05) is 27.3 Å². The summed E-state index contributed by atoms with van der Waals surface area (Å²) < 4.78 is 23.2. The van der Waals surface area contributed by atoms with Gasteiger partial charge >= 0.3 is 0 Å². The lowest BCUT2D eigenvalue weighted by Gasteiger charge is -2.40. The van der Waals surface area contributed by atoms with Crippen LogP contribution in [0.15, 0.2) is 70.0 Å². The molecule has 4 rings (SSSR count). The molecule has 0 fully saturated rings. The zero-order chi connectivity index (χ0) is 22.3. The first-order valence-corrected chi connectivity index (χ1v) is 12.0. The number of nitrogens with two attached hydrogens (primary N) is 2. The smallest absolute Gasteiger partial charge is 0.238 e. The van der Waals surface area contributed by atoms with Gasteiger partial charge in [-0.2, -0.15) is 5.26 Å². The van der Waals surface area contributed by atoms with E-state index in [1.54, 1.807) is 24.3 Å². The Hall–Kier alpha value is -2.50. The number of rotatable bonds is 3. The summed E-state index contributed by atoms with van der Waals surface area (Å²) in [5.74, 6) is -0.0347. The molecule has 1 aliphatic heterocycles. The van der Waals surface area contributed by atoms with Crippen LogP contribution in [-0.2, 0) is 10.0 Å². The van der Waals surface area contributed by atoms with E-state index in [1.165, 1.54) is 12.1 Å². The third-order valence-electron chi connectivity index (χ3n) is 5.72. The minimum Gasteiger partial charge on any atom is -0.384 e. The lowest BCUT2D eigenvalue weighted by Crippen LogP contribution is -2.36. The van der Waals surface area contributed by atoms with Crippen LogP contribution >= 0.6 is 23.2 Å². The quantitative estimate of drug-likeness (QED) is 0.664. The minimum atomic E-state index is -3.81. The van der Waals surface area contributed by atoms with Crippen molar-refractivity contribution in [2.75, 3.05) is 4.90 Å². The molecule has 1 heterocycles. The van der Waals surface area contributed by atoms with Crippen molar-refractivity contribution in [3.8, 4) is 6.07 Å². The van der Waals surface area contributed by atoms with E-state index in [0.717, 1.165) is 42.5 Å². The predicted molar refractivity (Wildman–Crippen MR) is 122 cm³/mol. The molecule has 0 aromatic heterocycles. The fourth-order valence-corrected chi connectivity index (χ4v) is 5.38. The highest BCUT2D eigenvalue weighted by molar-refractivity contribution is 7.89. The van der Waals surface area contributed by atoms with Crippen LogP contribution in [0.4, 0.5) is 5.69 Å². The summed E-state index contributed by atoms with van der Waals surface area (Å²) in [6.07, 6.45) is 3.58. The van der Waals surface area contributed by atoms with E-state index >= 15 is 0 Å². The van der Waals surface area contributed by atoms with Gasteiger partial charge in [-0.05, 0) is 73.2 Å². The molecule has 0 spiro atoms. The van der Waals surface area contributed by atoms with Gasteiger partial charge in [-0.15, -0.1) is 0 Å². The lowest BCUT2D eigenvalue weighted by molar-refractivity contribution is 0.597. The summed E-state index contributed by atoms with van der Waals surface area (Å²) in [7, 11) is -3.81. The van der Waals surface area contributed by atoms with Crippen LogP contribution in [-0.4, -0.2) is 8.42 Å². The van der Waals surface area contributed by atoms with E-state index in [2.05, 4.69) is 6.07 Å². The third kappa shape index (κ3) is 3.92. The normalized spacial score (nSPS) is 19.3. The molecule has 1 atom stereocenters. The first-order chi connectivity index (χ1) is 14.7. The second-order valence-electron chi connectivity index (χ2n) is 7.56. The largest absolute Gasteiger partial charge is 0.384 e. The molecule has 2 aromatic rings. The van der Waals surface area contributed by atoms with Crippen LogP contribution in [0.2, 0.25) is 10.0 Å². The van der Waals surface area contributed by atoms with Crippen LogP contribution < -0.4 is 15.8 Å². The molecular weight excluding hydrogens is 455 g/mol. The van der Waals surface area contributed by atoms with Crippen molar-refractivity contribution in [3.05, 3.63) is 80.7 Å². The average molecular weight is 475 g/mol. The Bertz CT molecular complexity index is 1260. The summed E-state index contributed by atoms with van der Waals surface area (Å²) >= 11 is 12.6. The average Bonchev–Trinajstić information content (AvgIpc) is 2.73. The molecule has 6 nitrogen and oxygen atoms in total. The van der Waals surface area contributed by atoms with Crippen molar-refractivity contribution >= 4 is 38.9 Å². The Labute approximate surface area is 191 Å². The molecule has 4 N–H and O–H groups in total. The van der Waals surface area contributed by atoms with Gasteiger partial charge in [-0.1, -0.05) is 29.3 Å².